The van der Waals surface area contributed by atoms with Gasteiger partial charge in [0.15, 0.2) is 0 Å². The second-order valence-corrected chi connectivity index (χ2v) is 6.17. The van der Waals surface area contributed by atoms with Gasteiger partial charge in [-0.1, -0.05) is 13.8 Å². The van der Waals surface area contributed by atoms with Crippen LogP contribution < -0.4 is 5.32 Å². The molecule has 0 saturated carbocycles. The van der Waals surface area contributed by atoms with Crippen LogP contribution in [0.3, 0.4) is 0 Å². The van der Waals surface area contributed by atoms with E-state index in [1.807, 2.05) is 13.8 Å². The van der Waals surface area contributed by atoms with Crippen molar-refractivity contribution in [2.75, 3.05) is 33.4 Å². The van der Waals surface area contributed by atoms with Gasteiger partial charge in [-0.15, -0.1) is 0 Å². The van der Waals surface area contributed by atoms with Crippen molar-refractivity contribution in [2.45, 2.75) is 39.2 Å². The molecule has 0 spiro atoms. The first-order chi connectivity index (χ1) is 9.96. The highest BCUT2D eigenvalue weighted by Crippen LogP contribution is 2.15. The summed E-state index contributed by atoms with van der Waals surface area (Å²) < 4.78 is 4.74. The Morgan fingerprint density at radius 2 is 1.95 bits per heavy atom. The summed E-state index contributed by atoms with van der Waals surface area (Å²) in [5.74, 6) is 0.118. The van der Waals surface area contributed by atoms with Gasteiger partial charge in [0, 0.05) is 6.61 Å². The van der Waals surface area contributed by atoms with E-state index in [0.717, 1.165) is 25.9 Å². The Hall–Kier alpha value is -1.14. The Morgan fingerprint density at radius 1 is 1.33 bits per heavy atom. The molecular formula is C15H28N2O4. The van der Waals surface area contributed by atoms with E-state index < -0.39 is 12.0 Å². The molecule has 2 N–H and O–H groups in total. The number of hydrogen-bond donors (Lipinski definition) is 2. The first-order valence-corrected chi connectivity index (χ1v) is 7.66. The molecule has 1 fully saturated rings. The largest absolute Gasteiger partial charge is 0.467 e. The molecule has 1 unspecified atom stereocenters. The zero-order chi connectivity index (χ0) is 15.8. The maximum Gasteiger partial charge on any atom is 0.328 e. The number of amides is 1. The molecule has 1 atom stereocenters. The van der Waals surface area contributed by atoms with Crippen molar-refractivity contribution in [1.82, 2.24) is 10.2 Å². The van der Waals surface area contributed by atoms with E-state index in [2.05, 4.69) is 10.2 Å². The van der Waals surface area contributed by atoms with Crippen LogP contribution in [0.15, 0.2) is 0 Å². The van der Waals surface area contributed by atoms with Gasteiger partial charge >= 0.3 is 5.97 Å². The van der Waals surface area contributed by atoms with Crippen LogP contribution in [0.4, 0.5) is 0 Å². The van der Waals surface area contributed by atoms with Crippen molar-refractivity contribution >= 4 is 11.9 Å². The molecule has 1 rings (SSSR count). The lowest BCUT2D eigenvalue weighted by molar-refractivity contribution is -0.145. The fourth-order valence-corrected chi connectivity index (χ4v) is 2.60. The zero-order valence-electron chi connectivity index (χ0n) is 13.3. The summed E-state index contributed by atoms with van der Waals surface area (Å²) in [6, 6.07) is -0.572. The lowest BCUT2D eigenvalue weighted by Crippen LogP contribution is -2.48. The number of hydrogen-bond acceptors (Lipinski definition) is 5. The highest BCUT2D eigenvalue weighted by atomic mass is 16.5. The first-order valence-electron chi connectivity index (χ1n) is 7.66. The summed E-state index contributed by atoms with van der Waals surface area (Å²) in [5.41, 5.74) is 0. The van der Waals surface area contributed by atoms with Crippen LogP contribution in [0.5, 0.6) is 0 Å². The van der Waals surface area contributed by atoms with Crippen LogP contribution in [0.25, 0.3) is 0 Å². The molecule has 0 aromatic heterocycles. The number of aliphatic hydroxyl groups is 1. The van der Waals surface area contributed by atoms with Crippen LogP contribution in [-0.4, -0.2) is 61.3 Å². The van der Waals surface area contributed by atoms with Gasteiger partial charge in [0.25, 0.3) is 0 Å². The van der Waals surface area contributed by atoms with Gasteiger partial charge in [0.2, 0.25) is 5.91 Å². The molecule has 1 amide bonds. The Balaban J connectivity index is 2.41. The summed E-state index contributed by atoms with van der Waals surface area (Å²) in [7, 11) is 1.33. The molecule has 1 saturated heterocycles. The predicted octanol–water partition coefficient (Wildman–Crippen LogP) is 0.395. The lowest BCUT2D eigenvalue weighted by Gasteiger charge is -2.30. The SMILES string of the molecule is COC(=O)C(CC(C)C)NC(=O)CN1CCC(CO)CC1. The minimum atomic E-state index is -0.572. The minimum absolute atomic E-state index is 0.145. The lowest BCUT2D eigenvalue weighted by atomic mass is 9.98. The number of rotatable bonds is 7. The molecule has 0 aromatic rings. The number of nitrogens with one attached hydrogen (secondary N) is 1. The zero-order valence-corrected chi connectivity index (χ0v) is 13.3. The van der Waals surface area contributed by atoms with Crippen LogP contribution in [0, 0.1) is 11.8 Å². The minimum Gasteiger partial charge on any atom is -0.467 e. The van der Waals surface area contributed by atoms with E-state index in [1.165, 1.54) is 7.11 Å². The molecule has 1 heterocycles. The van der Waals surface area contributed by atoms with Crippen molar-refractivity contribution in [3.05, 3.63) is 0 Å². The van der Waals surface area contributed by atoms with Gasteiger partial charge in [-0.25, -0.2) is 4.79 Å². The Morgan fingerprint density at radius 3 is 2.43 bits per heavy atom. The van der Waals surface area contributed by atoms with Crippen LogP contribution in [0.1, 0.15) is 33.1 Å². The van der Waals surface area contributed by atoms with Crippen molar-refractivity contribution in [3.8, 4) is 0 Å². The number of ether oxygens (including phenoxy) is 1. The number of piperidine rings is 1. The van der Waals surface area contributed by atoms with Gasteiger partial charge < -0.3 is 15.2 Å². The smallest absolute Gasteiger partial charge is 0.328 e. The second-order valence-electron chi connectivity index (χ2n) is 6.17. The molecule has 1 aliphatic heterocycles. The van der Waals surface area contributed by atoms with Crippen LogP contribution in [-0.2, 0) is 14.3 Å². The Kier molecular flexibility index (Phi) is 7.67. The van der Waals surface area contributed by atoms with Gasteiger partial charge in [0.1, 0.15) is 6.04 Å². The molecule has 0 aromatic carbocycles. The average molecular weight is 300 g/mol. The van der Waals surface area contributed by atoms with Crippen molar-refractivity contribution in [1.29, 1.82) is 0 Å². The van der Waals surface area contributed by atoms with Crippen LogP contribution >= 0.6 is 0 Å². The maximum atomic E-state index is 12.1. The predicted molar refractivity (Wildman–Crippen MR) is 79.7 cm³/mol. The molecule has 6 nitrogen and oxygen atoms in total. The normalized spacial score (nSPS) is 18.5. The standard InChI is InChI=1S/C15H28N2O4/c1-11(2)8-13(15(20)21-3)16-14(19)9-17-6-4-12(10-18)5-7-17/h11-13,18H,4-10H2,1-3H3,(H,16,19). The number of methoxy groups -OCH3 is 1. The van der Waals surface area contributed by atoms with E-state index >= 15 is 0 Å². The molecule has 0 bridgehead atoms. The van der Waals surface area contributed by atoms with Gasteiger partial charge in [-0.3, -0.25) is 9.69 Å². The highest BCUT2D eigenvalue weighted by Gasteiger charge is 2.25. The molecule has 0 radical (unpaired) electrons. The summed E-state index contributed by atoms with van der Waals surface area (Å²) in [4.78, 5) is 25.8. The second kappa shape index (κ2) is 9.00. The highest BCUT2D eigenvalue weighted by molar-refractivity contribution is 5.85. The quantitative estimate of drug-likeness (QED) is 0.665. The molecule has 6 heteroatoms. The number of esters is 1. The number of nitrogens with zero attached hydrogens (tertiary/aromatic N) is 1. The Bertz CT molecular complexity index is 339. The summed E-state index contributed by atoms with van der Waals surface area (Å²) >= 11 is 0. The fraction of sp³-hybridized carbons (Fsp3) is 0.867. The van der Waals surface area contributed by atoms with Gasteiger partial charge in [-0.2, -0.15) is 0 Å². The molecule has 0 aliphatic carbocycles. The van der Waals surface area contributed by atoms with Gasteiger partial charge in [-0.05, 0) is 44.2 Å². The summed E-state index contributed by atoms with van der Waals surface area (Å²) in [5, 5.41) is 11.9. The number of carbonyl (C=O) groups is 2. The molecule has 122 valence electrons. The van der Waals surface area contributed by atoms with Gasteiger partial charge in [0.05, 0.1) is 13.7 Å². The average Bonchev–Trinajstić information content (AvgIpc) is 2.46. The summed E-state index contributed by atoms with van der Waals surface area (Å²) in [6.07, 6.45) is 2.40. The number of likely N-dealkylation sites (tertiary alicyclic amines) is 1. The van der Waals surface area contributed by atoms with E-state index in [9.17, 15) is 9.59 Å². The van der Waals surface area contributed by atoms with Crippen molar-refractivity contribution in [3.63, 3.8) is 0 Å². The molecule has 1 aliphatic rings. The van der Waals surface area contributed by atoms with Crippen LogP contribution in [0.2, 0.25) is 0 Å². The van der Waals surface area contributed by atoms with E-state index in [0.29, 0.717) is 24.8 Å². The third-order valence-electron chi connectivity index (χ3n) is 3.86. The number of aliphatic hydroxyl groups excluding tert-OH is 1. The van der Waals surface area contributed by atoms with E-state index in [-0.39, 0.29) is 12.5 Å². The fourth-order valence-electron chi connectivity index (χ4n) is 2.60. The van der Waals surface area contributed by atoms with E-state index in [4.69, 9.17) is 9.84 Å². The topological polar surface area (TPSA) is 78.9 Å². The van der Waals surface area contributed by atoms with Crippen molar-refractivity contribution in [2.24, 2.45) is 11.8 Å². The molecular weight excluding hydrogens is 272 g/mol. The third-order valence-corrected chi connectivity index (χ3v) is 3.86. The number of carbonyl (C=O) groups excluding carboxylic acids is 2. The van der Waals surface area contributed by atoms with E-state index in [1.54, 1.807) is 0 Å². The summed E-state index contributed by atoms with van der Waals surface area (Å²) in [6.45, 7) is 6.14. The third kappa shape index (κ3) is 6.44. The first kappa shape index (κ1) is 17.9. The van der Waals surface area contributed by atoms with Crippen molar-refractivity contribution < 1.29 is 19.4 Å². The molecule has 21 heavy (non-hydrogen) atoms. The monoisotopic (exact) mass is 300 g/mol. The Labute approximate surface area is 126 Å². The maximum absolute atomic E-state index is 12.1.